The van der Waals surface area contributed by atoms with Crippen molar-refractivity contribution in [1.29, 1.82) is 0 Å². The maximum atomic E-state index is 10.9. The van der Waals surface area contributed by atoms with Crippen LogP contribution in [0.2, 0.25) is 0 Å². The second-order valence-corrected chi connectivity index (χ2v) is 5.85. The largest absolute Gasteiger partial charge is 0.489 e. The zero-order valence-electron chi connectivity index (χ0n) is 10.8. The summed E-state index contributed by atoms with van der Waals surface area (Å²) in [5.41, 5.74) is 1.39. The van der Waals surface area contributed by atoms with Gasteiger partial charge in [-0.15, -0.1) is 0 Å². The van der Waals surface area contributed by atoms with Crippen LogP contribution in [0.1, 0.15) is 11.1 Å². The lowest BCUT2D eigenvalue weighted by Gasteiger charge is -2.10. The first-order valence-electron chi connectivity index (χ1n) is 5.96. The molecule has 0 amide bonds. The van der Waals surface area contributed by atoms with E-state index in [0.717, 1.165) is 4.47 Å². The normalized spacial score (nSPS) is 10.4. The van der Waals surface area contributed by atoms with Crippen molar-refractivity contribution in [2.75, 3.05) is 0 Å². The Labute approximate surface area is 138 Å². The monoisotopic (exact) mass is 415 g/mol. The molecule has 0 saturated carbocycles. The Kier molecular flexibility index (Phi) is 5.33. The number of aliphatic hydroxyl groups excluding tert-OH is 1. The summed E-state index contributed by atoms with van der Waals surface area (Å²) < 4.78 is 6.83. The Morgan fingerprint density at radius 2 is 1.95 bits per heavy atom. The van der Waals surface area contributed by atoms with Gasteiger partial charge in [-0.25, -0.2) is 0 Å². The van der Waals surface area contributed by atoms with E-state index in [2.05, 4.69) is 31.9 Å². The Morgan fingerprint density at radius 1 is 1.19 bits per heavy atom. The molecule has 7 heteroatoms. The van der Waals surface area contributed by atoms with Gasteiger partial charge in [0.05, 0.1) is 11.5 Å². The number of nitrogens with zero attached hydrogens (tertiary/aromatic N) is 1. The van der Waals surface area contributed by atoms with Crippen LogP contribution in [0.4, 0.5) is 5.69 Å². The molecule has 110 valence electrons. The van der Waals surface area contributed by atoms with Crippen molar-refractivity contribution >= 4 is 37.5 Å². The molecule has 2 aromatic carbocycles. The minimum atomic E-state index is -0.447. The number of ether oxygens (including phenoxy) is 1. The number of rotatable bonds is 5. The van der Waals surface area contributed by atoms with Crippen LogP contribution in [0, 0.1) is 10.1 Å². The van der Waals surface area contributed by atoms with Crippen LogP contribution < -0.4 is 4.74 Å². The Morgan fingerprint density at radius 3 is 2.62 bits per heavy atom. The van der Waals surface area contributed by atoms with Crippen LogP contribution in [-0.4, -0.2) is 10.0 Å². The average Bonchev–Trinajstić information content (AvgIpc) is 2.47. The third-order valence-electron chi connectivity index (χ3n) is 2.84. The van der Waals surface area contributed by atoms with Crippen molar-refractivity contribution in [1.82, 2.24) is 0 Å². The molecule has 0 saturated heterocycles. The highest BCUT2D eigenvalue weighted by atomic mass is 79.9. The molecular formula is C14H11Br2NO4. The van der Waals surface area contributed by atoms with Crippen molar-refractivity contribution in [3.8, 4) is 5.75 Å². The molecule has 1 N–H and O–H groups in total. The summed E-state index contributed by atoms with van der Waals surface area (Å²) in [5, 5.41) is 20.1. The molecule has 2 rings (SSSR count). The first-order chi connectivity index (χ1) is 10.0. The van der Waals surface area contributed by atoms with Crippen molar-refractivity contribution < 1.29 is 14.8 Å². The third kappa shape index (κ3) is 3.81. The molecule has 0 heterocycles. The Hall–Kier alpha value is -1.44. The van der Waals surface area contributed by atoms with Gasteiger partial charge in [0.15, 0.2) is 0 Å². The Bertz CT molecular complexity index is 676. The molecular weight excluding hydrogens is 406 g/mol. The first kappa shape index (κ1) is 15.9. The second-order valence-electron chi connectivity index (χ2n) is 4.21. The lowest BCUT2D eigenvalue weighted by molar-refractivity contribution is -0.385. The minimum Gasteiger partial charge on any atom is -0.489 e. The molecule has 21 heavy (non-hydrogen) atoms. The number of benzene rings is 2. The van der Waals surface area contributed by atoms with E-state index in [1.54, 1.807) is 30.3 Å². The molecule has 5 nitrogen and oxygen atoms in total. The molecule has 0 bridgehead atoms. The highest BCUT2D eigenvalue weighted by Gasteiger charge is 2.15. The zero-order chi connectivity index (χ0) is 15.4. The molecule has 0 unspecified atom stereocenters. The van der Waals surface area contributed by atoms with Gasteiger partial charge in [-0.2, -0.15) is 0 Å². The summed E-state index contributed by atoms with van der Waals surface area (Å²) in [5.74, 6) is 0.584. The van der Waals surface area contributed by atoms with Gasteiger partial charge >= 0.3 is 0 Å². The molecule has 0 atom stereocenters. The van der Waals surface area contributed by atoms with Gasteiger partial charge in [0.1, 0.15) is 16.8 Å². The molecule has 0 aliphatic heterocycles. The summed E-state index contributed by atoms with van der Waals surface area (Å²) in [6.07, 6.45) is 0. The number of nitro groups is 1. The van der Waals surface area contributed by atoms with E-state index in [1.165, 1.54) is 6.07 Å². The highest BCUT2D eigenvalue weighted by Crippen LogP contribution is 2.29. The van der Waals surface area contributed by atoms with Gasteiger partial charge in [-0.3, -0.25) is 10.1 Å². The number of hydrogen-bond acceptors (Lipinski definition) is 4. The number of nitro benzene ring substituents is 1. The van der Waals surface area contributed by atoms with Gasteiger partial charge in [-0.05, 0) is 39.7 Å². The molecule has 2 aromatic rings. The molecule has 0 fully saturated rings. The van der Waals surface area contributed by atoms with E-state index in [1.807, 2.05) is 0 Å². The fourth-order valence-electron chi connectivity index (χ4n) is 1.74. The summed E-state index contributed by atoms with van der Waals surface area (Å²) in [4.78, 5) is 10.4. The number of halogens is 2. The zero-order valence-corrected chi connectivity index (χ0v) is 13.9. The summed E-state index contributed by atoms with van der Waals surface area (Å²) in [7, 11) is 0. The van der Waals surface area contributed by atoms with Crippen LogP contribution >= 0.6 is 31.9 Å². The van der Waals surface area contributed by atoms with E-state index < -0.39 is 4.92 Å². The van der Waals surface area contributed by atoms with Crippen LogP contribution in [0.5, 0.6) is 5.75 Å². The van der Waals surface area contributed by atoms with Crippen molar-refractivity contribution in [2.45, 2.75) is 13.2 Å². The topological polar surface area (TPSA) is 72.6 Å². The minimum absolute atomic E-state index is 0.00273. The molecule has 0 aliphatic rings. The number of aliphatic hydroxyl groups is 1. The van der Waals surface area contributed by atoms with Crippen molar-refractivity contribution in [2.24, 2.45) is 0 Å². The Balaban J connectivity index is 2.17. The van der Waals surface area contributed by atoms with Gasteiger partial charge in [-0.1, -0.05) is 28.1 Å². The third-order valence-corrected chi connectivity index (χ3v) is 4.53. The maximum Gasteiger partial charge on any atom is 0.283 e. The highest BCUT2D eigenvalue weighted by molar-refractivity contribution is 9.11. The van der Waals surface area contributed by atoms with Crippen LogP contribution in [0.25, 0.3) is 0 Å². The van der Waals surface area contributed by atoms with Crippen molar-refractivity contribution in [3.63, 3.8) is 0 Å². The van der Waals surface area contributed by atoms with E-state index in [-0.39, 0.29) is 18.9 Å². The lowest BCUT2D eigenvalue weighted by Crippen LogP contribution is -1.99. The van der Waals surface area contributed by atoms with Gasteiger partial charge < -0.3 is 9.84 Å². The molecule has 0 spiro atoms. The summed E-state index contributed by atoms with van der Waals surface area (Å²) >= 11 is 6.55. The van der Waals surface area contributed by atoms with Gasteiger partial charge in [0, 0.05) is 16.1 Å². The summed E-state index contributed by atoms with van der Waals surface area (Å²) in [6, 6.07) is 10.1. The van der Waals surface area contributed by atoms with Gasteiger partial charge in [0.2, 0.25) is 0 Å². The van der Waals surface area contributed by atoms with Crippen LogP contribution in [0.15, 0.2) is 45.3 Å². The molecule has 0 radical (unpaired) electrons. The SMILES string of the molecule is O=[N+]([O-])c1cccc(COc2ccc(Br)c(CO)c2)c1Br. The quantitative estimate of drug-likeness (QED) is 0.585. The maximum absolute atomic E-state index is 10.9. The fourth-order valence-corrected chi connectivity index (χ4v) is 2.64. The predicted octanol–water partition coefficient (Wildman–Crippen LogP) is 4.19. The first-order valence-corrected chi connectivity index (χ1v) is 7.55. The van der Waals surface area contributed by atoms with E-state index in [0.29, 0.717) is 21.3 Å². The lowest BCUT2D eigenvalue weighted by atomic mass is 10.2. The molecule has 0 aliphatic carbocycles. The second kappa shape index (κ2) is 7.02. The van der Waals surface area contributed by atoms with E-state index in [9.17, 15) is 15.2 Å². The summed E-state index contributed by atoms with van der Waals surface area (Å²) in [6.45, 7) is 0.0903. The van der Waals surface area contributed by atoms with Crippen LogP contribution in [0.3, 0.4) is 0 Å². The average molecular weight is 417 g/mol. The fraction of sp³-hybridized carbons (Fsp3) is 0.143. The van der Waals surface area contributed by atoms with Crippen LogP contribution in [-0.2, 0) is 13.2 Å². The molecule has 0 aromatic heterocycles. The van der Waals surface area contributed by atoms with E-state index in [4.69, 9.17) is 4.74 Å². The smallest absolute Gasteiger partial charge is 0.283 e. The van der Waals surface area contributed by atoms with Crippen molar-refractivity contribution in [3.05, 3.63) is 66.6 Å². The standard InChI is InChI=1S/C14H11Br2NO4/c15-12-5-4-11(6-10(12)7-18)21-8-9-2-1-3-13(14(9)16)17(19)20/h1-6,18H,7-8H2. The number of hydrogen-bond donors (Lipinski definition) is 1. The predicted molar refractivity (Wildman–Crippen MR) is 85.2 cm³/mol. The van der Waals surface area contributed by atoms with E-state index >= 15 is 0 Å². The van der Waals surface area contributed by atoms with Gasteiger partial charge in [0.25, 0.3) is 5.69 Å².